The molecule has 18 heavy (non-hydrogen) atoms. The molecule has 0 radical (unpaired) electrons. The summed E-state index contributed by atoms with van der Waals surface area (Å²) in [6, 6.07) is 7.31. The third-order valence-electron chi connectivity index (χ3n) is 3.01. The zero-order valence-electron chi connectivity index (χ0n) is 10.1. The second-order valence-corrected chi connectivity index (χ2v) is 5.38. The maximum Gasteiger partial charge on any atom is 0.245 e. The topological polar surface area (TPSA) is 49.4 Å². The van der Waals surface area contributed by atoms with E-state index in [4.69, 9.17) is 0 Å². The van der Waals surface area contributed by atoms with Crippen LogP contribution < -0.4 is 5.32 Å². The number of carbonyl (C=O) groups excluding carboxylic acids is 2. The molecule has 1 heterocycles. The molecule has 1 aliphatic rings. The monoisotopic (exact) mass is 310 g/mol. The second-order valence-electron chi connectivity index (χ2n) is 4.46. The zero-order valence-corrected chi connectivity index (χ0v) is 11.7. The van der Waals surface area contributed by atoms with Crippen LogP contribution in [0.25, 0.3) is 0 Å². The first-order chi connectivity index (χ1) is 8.56. The highest BCUT2D eigenvalue weighted by Crippen LogP contribution is 2.14. The molecule has 2 rings (SSSR count). The van der Waals surface area contributed by atoms with Crippen LogP contribution >= 0.6 is 15.9 Å². The minimum atomic E-state index is -0.459. The van der Waals surface area contributed by atoms with Crippen LogP contribution in [-0.2, 0) is 16.0 Å². The molecule has 0 spiro atoms. The Bertz CT molecular complexity index is 476. The number of nitrogens with zero attached hydrogens (tertiary/aromatic N) is 1. The Kier molecular flexibility index (Phi) is 4.01. The van der Waals surface area contributed by atoms with E-state index in [0.717, 1.165) is 10.0 Å². The first-order valence-electron chi connectivity index (χ1n) is 5.85. The summed E-state index contributed by atoms with van der Waals surface area (Å²) in [5, 5.41) is 2.78. The van der Waals surface area contributed by atoms with Crippen LogP contribution in [0.2, 0.25) is 0 Å². The summed E-state index contributed by atoms with van der Waals surface area (Å²) in [6.07, 6.45) is 0.894. The third kappa shape index (κ3) is 3.10. The van der Waals surface area contributed by atoms with Gasteiger partial charge in [0, 0.05) is 30.9 Å². The van der Waals surface area contributed by atoms with Gasteiger partial charge in [-0.1, -0.05) is 28.1 Å². The first-order valence-corrected chi connectivity index (χ1v) is 6.64. The Hall–Kier alpha value is -1.36. The lowest BCUT2D eigenvalue weighted by atomic mass is 10.1. The van der Waals surface area contributed by atoms with Crippen molar-refractivity contribution in [3.63, 3.8) is 0 Å². The van der Waals surface area contributed by atoms with E-state index in [1.54, 1.807) is 11.9 Å². The highest BCUT2D eigenvalue weighted by Gasteiger charge is 2.27. The van der Waals surface area contributed by atoms with Crippen molar-refractivity contribution in [2.45, 2.75) is 18.9 Å². The molecule has 1 saturated heterocycles. The molecule has 4 nitrogen and oxygen atoms in total. The number of rotatable bonds is 2. The van der Waals surface area contributed by atoms with Crippen molar-refractivity contribution in [3.05, 3.63) is 34.3 Å². The molecule has 1 fully saturated rings. The van der Waals surface area contributed by atoms with Gasteiger partial charge in [0.2, 0.25) is 11.8 Å². The van der Waals surface area contributed by atoms with Gasteiger partial charge in [0.1, 0.15) is 6.04 Å². The number of hydrogen-bond acceptors (Lipinski definition) is 2. The van der Waals surface area contributed by atoms with Gasteiger partial charge in [-0.05, 0) is 17.7 Å². The molecule has 1 atom stereocenters. The molecule has 0 aromatic heterocycles. The average Bonchev–Trinajstić information content (AvgIpc) is 2.44. The van der Waals surface area contributed by atoms with Gasteiger partial charge in [-0.15, -0.1) is 0 Å². The lowest BCUT2D eigenvalue weighted by molar-refractivity contribution is -0.132. The minimum Gasteiger partial charge on any atom is -0.344 e. The van der Waals surface area contributed by atoms with Crippen molar-refractivity contribution >= 4 is 27.7 Å². The molecule has 5 heteroatoms. The largest absolute Gasteiger partial charge is 0.344 e. The molecular weight excluding hydrogens is 296 g/mol. The molecule has 1 aromatic rings. The van der Waals surface area contributed by atoms with E-state index in [0.29, 0.717) is 19.4 Å². The van der Waals surface area contributed by atoms with Crippen molar-refractivity contribution in [3.8, 4) is 0 Å². The van der Waals surface area contributed by atoms with Gasteiger partial charge >= 0.3 is 0 Å². The SMILES string of the molecule is CN1CCC(=O)NC(Cc2cccc(Br)c2)C1=O. The van der Waals surface area contributed by atoms with Crippen molar-refractivity contribution in [1.82, 2.24) is 10.2 Å². The van der Waals surface area contributed by atoms with Gasteiger partial charge in [0.25, 0.3) is 0 Å². The molecule has 0 aliphatic carbocycles. The van der Waals surface area contributed by atoms with Crippen LogP contribution in [0.3, 0.4) is 0 Å². The predicted octanol–water partition coefficient (Wildman–Crippen LogP) is 1.34. The van der Waals surface area contributed by atoms with Crippen LogP contribution in [0.5, 0.6) is 0 Å². The first kappa shape index (κ1) is 13.1. The number of carbonyl (C=O) groups is 2. The fourth-order valence-electron chi connectivity index (χ4n) is 2.01. The molecule has 0 bridgehead atoms. The summed E-state index contributed by atoms with van der Waals surface area (Å²) >= 11 is 3.40. The fraction of sp³-hybridized carbons (Fsp3) is 0.385. The van der Waals surface area contributed by atoms with E-state index >= 15 is 0 Å². The Morgan fingerprint density at radius 1 is 1.44 bits per heavy atom. The Morgan fingerprint density at radius 2 is 2.22 bits per heavy atom. The van der Waals surface area contributed by atoms with Crippen LogP contribution in [0.1, 0.15) is 12.0 Å². The van der Waals surface area contributed by atoms with Crippen molar-refractivity contribution in [2.75, 3.05) is 13.6 Å². The highest BCUT2D eigenvalue weighted by molar-refractivity contribution is 9.10. The van der Waals surface area contributed by atoms with Crippen LogP contribution in [0.15, 0.2) is 28.7 Å². The molecule has 1 unspecified atom stereocenters. The fourth-order valence-corrected chi connectivity index (χ4v) is 2.46. The molecule has 2 amide bonds. The summed E-state index contributed by atoms with van der Waals surface area (Å²) < 4.78 is 0.973. The van der Waals surface area contributed by atoms with Gasteiger partial charge in [-0.3, -0.25) is 9.59 Å². The second kappa shape index (κ2) is 5.52. The van der Waals surface area contributed by atoms with Gasteiger partial charge in [0.15, 0.2) is 0 Å². The van der Waals surface area contributed by atoms with E-state index in [9.17, 15) is 9.59 Å². The van der Waals surface area contributed by atoms with E-state index in [2.05, 4.69) is 21.2 Å². The standard InChI is InChI=1S/C13H15BrN2O2/c1-16-6-5-12(17)15-11(13(16)18)8-9-3-2-4-10(14)7-9/h2-4,7,11H,5-6,8H2,1H3,(H,15,17). The van der Waals surface area contributed by atoms with Crippen LogP contribution in [0.4, 0.5) is 0 Å². The van der Waals surface area contributed by atoms with Gasteiger partial charge < -0.3 is 10.2 Å². The van der Waals surface area contributed by atoms with Crippen LogP contribution in [0, 0.1) is 0 Å². The van der Waals surface area contributed by atoms with Gasteiger partial charge in [-0.25, -0.2) is 0 Å². The quantitative estimate of drug-likeness (QED) is 0.896. The maximum absolute atomic E-state index is 12.1. The molecule has 1 aliphatic heterocycles. The predicted molar refractivity (Wildman–Crippen MR) is 72.0 cm³/mol. The smallest absolute Gasteiger partial charge is 0.245 e. The summed E-state index contributed by atoms with van der Waals surface area (Å²) in [5.74, 6) is -0.0893. The Labute approximate surface area is 114 Å². The third-order valence-corrected chi connectivity index (χ3v) is 3.51. The number of likely N-dealkylation sites (N-methyl/N-ethyl adjacent to an activating group) is 1. The van der Waals surface area contributed by atoms with E-state index in [1.807, 2.05) is 24.3 Å². The van der Waals surface area contributed by atoms with E-state index in [1.165, 1.54) is 0 Å². The zero-order chi connectivity index (χ0) is 13.1. The number of amides is 2. The van der Waals surface area contributed by atoms with E-state index in [-0.39, 0.29) is 11.8 Å². The highest BCUT2D eigenvalue weighted by atomic mass is 79.9. The summed E-state index contributed by atoms with van der Waals surface area (Å²) in [4.78, 5) is 25.2. The number of nitrogens with one attached hydrogen (secondary N) is 1. The molecule has 1 N–H and O–H groups in total. The summed E-state index contributed by atoms with van der Waals surface area (Å²) in [7, 11) is 1.73. The van der Waals surface area contributed by atoms with Crippen molar-refractivity contribution in [1.29, 1.82) is 0 Å². The van der Waals surface area contributed by atoms with Crippen LogP contribution in [-0.4, -0.2) is 36.3 Å². The van der Waals surface area contributed by atoms with Crippen molar-refractivity contribution < 1.29 is 9.59 Å². The lowest BCUT2D eigenvalue weighted by Crippen LogP contribution is -2.44. The Morgan fingerprint density at radius 3 is 2.94 bits per heavy atom. The normalized spacial score (nSPS) is 20.6. The molecule has 0 saturated carbocycles. The lowest BCUT2D eigenvalue weighted by Gasteiger charge is -2.19. The number of hydrogen-bond donors (Lipinski definition) is 1. The van der Waals surface area contributed by atoms with Gasteiger partial charge in [-0.2, -0.15) is 0 Å². The van der Waals surface area contributed by atoms with Gasteiger partial charge in [0.05, 0.1) is 0 Å². The molecular formula is C13H15BrN2O2. The van der Waals surface area contributed by atoms with Crippen molar-refractivity contribution in [2.24, 2.45) is 0 Å². The molecule has 96 valence electrons. The average molecular weight is 311 g/mol. The summed E-state index contributed by atoms with van der Waals surface area (Å²) in [6.45, 7) is 0.486. The van der Waals surface area contributed by atoms with E-state index < -0.39 is 6.04 Å². The minimum absolute atomic E-state index is 0.0270. The number of halogens is 1. The molecule has 1 aromatic carbocycles. The summed E-state index contributed by atoms with van der Waals surface area (Å²) in [5.41, 5.74) is 1.03. The Balaban J connectivity index is 2.15. The number of benzene rings is 1. The maximum atomic E-state index is 12.1.